The van der Waals surface area contributed by atoms with Crippen LogP contribution < -0.4 is 5.73 Å². The average molecular weight is 142 g/mol. The van der Waals surface area contributed by atoms with Crippen molar-refractivity contribution in [3.8, 4) is 0 Å². The minimum atomic E-state index is 0.750. The Labute approximate surface area is 61.3 Å². The van der Waals surface area contributed by atoms with Crippen molar-refractivity contribution in [1.82, 2.24) is 4.98 Å². The number of rotatable bonds is 0. The third-order valence-electron chi connectivity index (χ3n) is 1.14. The Balaban J connectivity index is 0.000000371. The predicted molar refractivity (Wildman–Crippen MR) is 40.8 cm³/mol. The fraction of sp³-hybridized carbons (Fsp3) is 0.571. The van der Waals surface area contributed by atoms with Crippen molar-refractivity contribution in [3.05, 3.63) is 17.3 Å². The zero-order valence-electron chi connectivity index (χ0n) is 6.93. The minimum Gasteiger partial charge on any atom is -0.446 e. The highest BCUT2D eigenvalue weighted by Gasteiger charge is 1.97. The summed E-state index contributed by atoms with van der Waals surface area (Å²) in [7, 11) is 1.50. The van der Waals surface area contributed by atoms with E-state index in [1.165, 1.54) is 7.05 Å². The molecule has 0 aliphatic carbocycles. The maximum Gasteiger partial charge on any atom is 0.191 e. The molecular formula is C7H14N2O. The van der Waals surface area contributed by atoms with E-state index in [-0.39, 0.29) is 0 Å². The first-order valence-corrected chi connectivity index (χ1v) is 3.18. The number of hydrogen-bond acceptors (Lipinski definition) is 3. The van der Waals surface area contributed by atoms with E-state index in [2.05, 4.69) is 10.7 Å². The van der Waals surface area contributed by atoms with Crippen LogP contribution in [0.2, 0.25) is 0 Å². The molecule has 0 radical (unpaired) electrons. The summed E-state index contributed by atoms with van der Waals surface area (Å²) >= 11 is 0. The largest absolute Gasteiger partial charge is 0.446 e. The highest BCUT2D eigenvalue weighted by atomic mass is 16.4. The van der Waals surface area contributed by atoms with Gasteiger partial charge in [-0.15, -0.1) is 0 Å². The van der Waals surface area contributed by atoms with Crippen LogP contribution in [0.4, 0.5) is 0 Å². The number of hydrogen-bond donors (Lipinski definition) is 1. The topological polar surface area (TPSA) is 52.0 Å². The van der Waals surface area contributed by atoms with Crippen molar-refractivity contribution in [2.24, 2.45) is 5.73 Å². The highest BCUT2D eigenvalue weighted by Crippen LogP contribution is 2.05. The average Bonchev–Trinajstić information content (AvgIpc) is 2.16. The van der Waals surface area contributed by atoms with Gasteiger partial charge in [0.05, 0.1) is 5.69 Å². The van der Waals surface area contributed by atoms with Crippen molar-refractivity contribution >= 4 is 0 Å². The first-order chi connectivity index (χ1) is 4.70. The van der Waals surface area contributed by atoms with E-state index in [9.17, 15) is 0 Å². The molecule has 1 rings (SSSR count). The van der Waals surface area contributed by atoms with Gasteiger partial charge in [0, 0.05) is 6.92 Å². The molecule has 0 spiro atoms. The molecule has 0 bridgehead atoms. The summed E-state index contributed by atoms with van der Waals surface area (Å²) in [4.78, 5) is 4.04. The van der Waals surface area contributed by atoms with Gasteiger partial charge in [0.25, 0.3) is 0 Å². The van der Waals surface area contributed by atoms with Crippen molar-refractivity contribution in [3.63, 3.8) is 0 Å². The lowest BCUT2D eigenvalue weighted by molar-refractivity contribution is 0.493. The Morgan fingerprint density at radius 3 is 1.80 bits per heavy atom. The van der Waals surface area contributed by atoms with Crippen molar-refractivity contribution in [2.45, 2.75) is 20.8 Å². The van der Waals surface area contributed by atoms with E-state index < -0.39 is 0 Å². The zero-order chi connectivity index (χ0) is 8.15. The van der Waals surface area contributed by atoms with Crippen LogP contribution in [0.15, 0.2) is 4.42 Å². The molecule has 0 fully saturated rings. The van der Waals surface area contributed by atoms with Crippen molar-refractivity contribution in [1.29, 1.82) is 0 Å². The Hall–Kier alpha value is -0.830. The number of aromatic nitrogens is 1. The number of nitrogens with two attached hydrogens (primary N) is 1. The van der Waals surface area contributed by atoms with Crippen LogP contribution >= 0.6 is 0 Å². The third-order valence-corrected chi connectivity index (χ3v) is 1.14. The van der Waals surface area contributed by atoms with E-state index in [4.69, 9.17) is 4.42 Å². The maximum absolute atomic E-state index is 5.10. The molecule has 1 aromatic heterocycles. The molecule has 0 unspecified atom stereocenters. The van der Waals surface area contributed by atoms with Crippen LogP contribution in [0.1, 0.15) is 17.3 Å². The third kappa shape index (κ3) is 2.19. The summed E-state index contributed by atoms with van der Waals surface area (Å²) < 4.78 is 5.10. The molecule has 10 heavy (non-hydrogen) atoms. The highest BCUT2D eigenvalue weighted by molar-refractivity contribution is 5.03. The van der Waals surface area contributed by atoms with Crippen LogP contribution in [0.3, 0.4) is 0 Å². The van der Waals surface area contributed by atoms with Gasteiger partial charge in [0.1, 0.15) is 5.76 Å². The zero-order valence-corrected chi connectivity index (χ0v) is 6.93. The molecule has 0 aliphatic rings. The van der Waals surface area contributed by atoms with Gasteiger partial charge in [-0.2, -0.15) is 0 Å². The maximum atomic E-state index is 5.10. The molecule has 1 aromatic rings. The monoisotopic (exact) mass is 142 g/mol. The second-order valence-corrected chi connectivity index (χ2v) is 1.87. The molecule has 0 atom stereocenters. The van der Waals surface area contributed by atoms with Crippen LogP contribution in [-0.4, -0.2) is 12.0 Å². The van der Waals surface area contributed by atoms with E-state index in [0.29, 0.717) is 0 Å². The van der Waals surface area contributed by atoms with Gasteiger partial charge in [0.15, 0.2) is 5.89 Å². The summed E-state index contributed by atoms with van der Waals surface area (Å²) in [5.41, 5.74) is 5.49. The molecular weight excluding hydrogens is 128 g/mol. The summed E-state index contributed by atoms with van der Waals surface area (Å²) in [6, 6.07) is 0. The van der Waals surface area contributed by atoms with Gasteiger partial charge in [-0.25, -0.2) is 4.98 Å². The molecule has 0 amide bonds. The fourth-order valence-electron chi connectivity index (χ4n) is 0.633. The standard InChI is InChI=1S/C6H9NO.CH5N/c1-4-5(2)8-6(3)7-4;1-2/h1-3H3;2H2,1H3. The summed E-state index contributed by atoms with van der Waals surface area (Å²) in [5, 5.41) is 0. The first kappa shape index (κ1) is 9.17. The van der Waals surface area contributed by atoms with Crippen LogP contribution in [0.25, 0.3) is 0 Å². The van der Waals surface area contributed by atoms with Crippen LogP contribution in [0, 0.1) is 20.8 Å². The van der Waals surface area contributed by atoms with E-state index >= 15 is 0 Å². The molecule has 0 aliphatic heterocycles. The van der Waals surface area contributed by atoms with Gasteiger partial charge >= 0.3 is 0 Å². The molecule has 1 heterocycles. The van der Waals surface area contributed by atoms with Gasteiger partial charge in [-0.1, -0.05) is 0 Å². The Kier molecular flexibility index (Phi) is 3.72. The summed E-state index contributed by atoms with van der Waals surface area (Å²) in [5.74, 6) is 1.67. The molecule has 58 valence electrons. The Bertz CT molecular complexity index is 174. The van der Waals surface area contributed by atoms with Crippen LogP contribution in [-0.2, 0) is 0 Å². The second-order valence-electron chi connectivity index (χ2n) is 1.87. The SMILES string of the molecule is CN.Cc1nc(C)c(C)o1. The Morgan fingerprint density at radius 1 is 1.20 bits per heavy atom. The lowest BCUT2D eigenvalue weighted by Crippen LogP contribution is -1.71. The number of nitrogens with zero attached hydrogens (tertiary/aromatic N) is 1. The van der Waals surface area contributed by atoms with E-state index in [1.54, 1.807) is 0 Å². The summed E-state index contributed by atoms with van der Waals surface area (Å²) in [6.07, 6.45) is 0. The lowest BCUT2D eigenvalue weighted by Gasteiger charge is -1.77. The molecule has 0 aromatic carbocycles. The minimum absolute atomic E-state index is 0.750. The molecule has 0 saturated heterocycles. The lowest BCUT2D eigenvalue weighted by atomic mass is 10.4. The normalized spacial score (nSPS) is 8.50. The summed E-state index contributed by atoms with van der Waals surface area (Å²) in [6.45, 7) is 5.70. The van der Waals surface area contributed by atoms with E-state index in [1.807, 2.05) is 20.8 Å². The van der Waals surface area contributed by atoms with Gasteiger partial charge < -0.3 is 10.2 Å². The number of oxazole rings is 1. The fourth-order valence-corrected chi connectivity index (χ4v) is 0.633. The molecule has 3 nitrogen and oxygen atoms in total. The second kappa shape index (κ2) is 4.06. The Morgan fingerprint density at radius 2 is 1.70 bits per heavy atom. The van der Waals surface area contributed by atoms with E-state index in [0.717, 1.165) is 17.3 Å². The number of aryl methyl sites for hydroxylation is 3. The van der Waals surface area contributed by atoms with Gasteiger partial charge in [-0.3, -0.25) is 0 Å². The molecule has 3 heteroatoms. The molecule has 2 N–H and O–H groups in total. The van der Waals surface area contributed by atoms with Crippen LogP contribution in [0.5, 0.6) is 0 Å². The van der Waals surface area contributed by atoms with Gasteiger partial charge in [-0.05, 0) is 20.9 Å². The molecule has 0 saturated carbocycles. The van der Waals surface area contributed by atoms with Crippen molar-refractivity contribution < 1.29 is 4.42 Å². The first-order valence-electron chi connectivity index (χ1n) is 3.18. The predicted octanol–water partition coefficient (Wildman–Crippen LogP) is 1.17. The quantitative estimate of drug-likeness (QED) is 0.591. The van der Waals surface area contributed by atoms with Gasteiger partial charge in [0.2, 0.25) is 0 Å². The van der Waals surface area contributed by atoms with Crippen molar-refractivity contribution in [2.75, 3.05) is 7.05 Å². The smallest absolute Gasteiger partial charge is 0.191 e.